The van der Waals surface area contributed by atoms with Crippen molar-refractivity contribution >= 4 is 11.9 Å². The summed E-state index contributed by atoms with van der Waals surface area (Å²) < 4.78 is 0. The molecule has 176 valence electrons. The second-order valence-electron chi connectivity index (χ2n) is 7.88. The molecule has 0 N–H and O–H groups in total. The molecular weight excluding hydrogens is 442 g/mol. The molecule has 0 radical (unpaired) electrons. The van der Waals surface area contributed by atoms with E-state index in [9.17, 15) is 19.8 Å². The van der Waals surface area contributed by atoms with Crippen LogP contribution in [-0.2, 0) is 29.1 Å². The summed E-state index contributed by atoms with van der Waals surface area (Å²) in [6.45, 7) is 4.40. The predicted molar refractivity (Wildman–Crippen MR) is 123 cm³/mol. The van der Waals surface area contributed by atoms with Crippen LogP contribution in [0.15, 0.2) is 24.3 Å². The molecule has 0 atom stereocenters. The van der Waals surface area contributed by atoms with Crippen LogP contribution in [0.4, 0.5) is 0 Å². The Labute approximate surface area is 204 Å². The Morgan fingerprint density at radius 2 is 0.806 bits per heavy atom. The summed E-state index contributed by atoms with van der Waals surface area (Å²) in [7, 11) is 0. The van der Waals surface area contributed by atoms with Gasteiger partial charge in [0, 0.05) is 11.9 Å². The number of hydrogen-bond donors (Lipinski definition) is 0. The first kappa shape index (κ1) is 34.7. The molecule has 0 fully saturated rings. The molecule has 0 aromatic carbocycles. The summed E-state index contributed by atoms with van der Waals surface area (Å²) in [5, 5.41) is 20.2. The van der Waals surface area contributed by atoms with Crippen LogP contribution in [0.3, 0.4) is 0 Å². The van der Waals surface area contributed by atoms with E-state index in [1.54, 1.807) is 0 Å². The summed E-state index contributed by atoms with van der Waals surface area (Å²) in [5.74, 6) is -1.84. The monoisotopic (exact) mass is 486 g/mol. The number of allylic oxidation sites excluding steroid dienone is 4. The first-order valence-corrected chi connectivity index (χ1v) is 12.2. The van der Waals surface area contributed by atoms with E-state index in [0.29, 0.717) is 0 Å². The van der Waals surface area contributed by atoms with Gasteiger partial charge in [-0.3, -0.25) is 0 Å². The van der Waals surface area contributed by atoms with Crippen molar-refractivity contribution in [2.75, 3.05) is 0 Å². The quantitative estimate of drug-likeness (QED) is 0.126. The van der Waals surface area contributed by atoms with Crippen molar-refractivity contribution in [2.24, 2.45) is 0 Å². The third-order valence-electron chi connectivity index (χ3n) is 4.79. The summed E-state index contributed by atoms with van der Waals surface area (Å²) in [6, 6.07) is 0. The minimum absolute atomic E-state index is 0. The molecule has 5 heteroatoms. The van der Waals surface area contributed by atoms with Gasteiger partial charge in [0.1, 0.15) is 0 Å². The SMILES string of the molecule is CCCCC=CCCCCCCC(=O)[O-].CCCCC=CCCCCCCC(=O)[O-].[Zn+2]. The smallest absolute Gasteiger partial charge is 0.550 e. The fourth-order valence-corrected chi connectivity index (χ4v) is 2.89. The first-order chi connectivity index (χ1) is 14.5. The van der Waals surface area contributed by atoms with E-state index >= 15 is 0 Å². The number of hydrogen-bond acceptors (Lipinski definition) is 4. The second-order valence-corrected chi connectivity index (χ2v) is 7.88. The molecule has 0 bridgehead atoms. The van der Waals surface area contributed by atoms with Gasteiger partial charge < -0.3 is 19.8 Å². The summed E-state index contributed by atoms with van der Waals surface area (Å²) in [6.07, 6.45) is 27.3. The van der Waals surface area contributed by atoms with Gasteiger partial charge in [-0.1, -0.05) is 89.5 Å². The van der Waals surface area contributed by atoms with Crippen molar-refractivity contribution in [3.8, 4) is 0 Å². The Hall–Kier alpha value is -0.957. The van der Waals surface area contributed by atoms with Crippen LogP contribution in [0.25, 0.3) is 0 Å². The first-order valence-electron chi connectivity index (χ1n) is 12.2. The third-order valence-corrected chi connectivity index (χ3v) is 4.79. The molecule has 0 unspecified atom stereocenters. The van der Waals surface area contributed by atoms with Gasteiger partial charge in [-0.25, -0.2) is 0 Å². The Morgan fingerprint density at radius 1 is 0.516 bits per heavy atom. The number of unbranched alkanes of at least 4 members (excludes halogenated alkanes) is 12. The number of carboxylic acids is 2. The van der Waals surface area contributed by atoms with E-state index < -0.39 is 11.9 Å². The van der Waals surface area contributed by atoms with Crippen LogP contribution in [0.1, 0.15) is 129 Å². The van der Waals surface area contributed by atoms with E-state index in [4.69, 9.17) is 0 Å². The minimum Gasteiger partial charge on any atom is -0.550 e. The number of carbonyl (C=O) groups excluding carboxylic acids is 2. The van der Waals surface area contributed by atoms with Gasteiger partial charge in [0.05, 0.1) is 0 Å². The molecule has 0 saturated carbocycles. The molecule has 31 heavy (non-hydrogen) atoms. The van der Waals surface area contributed by atoms with Gasteiger partial charge in [0.15, 0.2) is 0 Å². The van der Waals surface area contributed by atoms with Crippen molar-refractivity contribution < 1.29 is 39.3 Å². The van der Waals surface area contributed by atoms with Crippen LogP contribution < -0.4 is 10.2 Å². The van der Waals surface area contributed by atoms with E-state index in [1.165, 1.54) is 51.4 Å². The predicted octanol–water partition coefficient (Wildman–Crippen LogP) is 5.64. The average molecular weight is 488 g/mol. The van der Waals surface area contributed by atoms with Crippen LogP contribution in [0.2, 0.25) is 0 Å². The molecule has 0 aromatic rings. The van der Waals surface area contributed by atoms with E-state index in [1.807, 2.05) is 0 Å². The van der Waals surface area contributed by atoms with E-state index in [2.05, 4.69) is 38.2 Å². The Morgan fingerprint density at radius 3 is 1.10 bits per heavy atom. The largest absolute Gasteiger partial charge is 2.00 e. The zero-order chi connectivity index (χ0) is 22.7. The van der Waals surface area contributed by atoms with Crippen molar-refractivity contribution in [1.82, 2.24) is 0 Å². The van der Waals surface area contributed by atoms with Crippen LogP contribution in [0.5, 0.6) is 0 Å². The minimum atomic E-state index is -0.922. The van der Waals surface area contributed by atoms with Crippen molar-refractivity contribution in [3.63, 3.8) is 0 Å². The summed E-state index contributed by atoms with van der Waals surface area (Å²) in [5.41, 5.74) is 0. The molecule has 0 aliphatic heterocycles. The standard InChI is InChI=1S/2C13H24O2.Zn/c2*1-2-3-4-5-6-7-8-9-10-11-12-13(14)15;/h2*5-6H,2-4,7-12H2,1H3,(H,14,15);/q;;+2/p-2. The topological polar surface area (TPSA) is 80.3 Å². The maximum atomic E-state index is 10.1. The normalized spacial score (nSPS) is 10.6. The second kappa shape index (κ2) is 31.2. The molecule has 0 heterocycles. The van der Waals surface area contributed by atoms with Gasteiger partial charge in [0.25, 0.3) is 0 Å². The van der Waals surface area contributed by atoms with Crippen molar-refractivity contribution in [1.29, 1.82) is 0 Å². The van der Waals surface area contributed by atoms with Gasteiger partial charge in [-0.2, -0.15) is 0 Å². The molecule has 0 amide bonds. The zero-order valence-electron chi connectivity index (χ0n) is 20.4. The maximum absolute atomic E-state index is 10.1. The van der Waals surface area contributed by atoms with Crippen LogP contribution >= 0.6 is 0 Å². The Kier molecular flexibility index (Phi) is 34.9. The molecule has 0 spiro atoms. The van der Waals surface area contributed by atoms with Crippen molar-refractivity contribution in [3.05, 3.63) is 24.3 Å². The van der Waals surface area contributed by atoms with Gasteiger partial charge in [0.2, 0.25) is 0 Å². The molecular formula is C26H46O4Zn. The maximum Gasteiger partial charge on any atom is 2.00 e. The zero-order valence-corrected chi connectivity index (χ0v) is 23.3. The van der Waals surface area contributed by atoms with E-state index in [0.717, 1.165) is 51.4 Å². The molecule has 0 aromatic heterocycles. The number of aliphatic carboxylic acids is 2. The number of carbonyl (C=O) groups is 2. The van der Waals surface area contributed by atoms with E-state index in [-0.39, 0.29) is 32.3 Å². The number of carboxylic acid groups (broad SMARTS) is 2. The molecule has 0 aliphatic rings. The van der Waals surface area contributed by atoms with Gasteiger partial charge in [-0.15, -0.1) is 0 Å². The average Bonchev–Trinajstić information content (AvgIpc) is 2.71. The van der Waals surface area contributed by atoms with Crippen molar-refractivity contribution in [2.45, 2.75) is 129 Å². The molecule has 0 saturated heterocycles. The van der Waals surface area contributed by atoms with Gasteiger partial charge >= 0.3 is 19.5 Å². The Balaban J connectivity index is -0.000000490. The Bertz CT molecular complexity index is 393. The third kappa shape index (κ3) is 40.0. The summed E-state index contributed by atoms with van der Waals surface area (Å²) in [4.78, 5) is 20.2. The number of rotatable bonds is 20. The molecule has 0 aliphatic carbocycles. The molecule has 0 rings (SSSR count). The van der Waals surface area contributed by atoms with Crippen LogP contribution in [-0.4, -0.2) is 11.9 Å². The molecule has 4 nitrogen and oxygen atoms in total. The van der Waals surface area contributed by atoms with Gasteiger partial charge in [-0.05, 0) is 64.2 Å². The van der Waals surface area contributed by atoms with Crippen LogP contribution in [0, 0.1) is 0 Å². The fourth-order valence-electron chi connectivity index (χ4n) is 2.89. The summed E-state index contributed by atoms with van der Waals surface area (Å²) >= 11 is 0. The fraction of sp³-hybridized carbons (Fsp3) is 0.769.